The number of fused-ring (bicyclic) bond motifs is 1. The van der Waals surface area contributed by atoms with Gasteiger partial charge in [-0.25, -0.2) is 4.98 Å². The average Bonchev–Trinajstić information content (AvgIpc) is 3.48. The van der Waals surface area contributed by atoms with Gasteiger partial charge in [-0.15, -0.1) is 0 Å². The van der Waals surface area contributed by atoms with E-state index in [2.05, 4.69) is 61.8 Å². The van der Waals surface area contributed by atoms with Gasteiger partial charge in [0.05, 0.1) is 23.9 Å². The number of aromatic nitrogens is 5. The van der Waals surface area contributed by atoms with Crippen molar-refractivity contribution in [3.8, 4) is 11.3 Å². The van der Waals surface area contributed by atoms with E-state index in [0.29, 0.717) is 5.92 Å². The number of aromatic amines is 2. The van der Waals surface area contributed by atoms with Crippen LogP contribution in [0.2, 0.25) is 0 Å². The highest BCUT2D eigenvalue weighted by Gasteiger charge is 2.22. The minimum absolute atomic E-state index is 0.638. The Labute approximate surface area is 171 Å². The molecule has 150 valence electrons. The van der Waals surface area contributed by atoms with Crippen LogP contribution in [0.4, 0.5) is 0 Å². The molecule has 5 rings (SSSR count). The summed E-state index contributed by atoms with van der Waals surface area (Å²) in [6, 6.07) is 7.00. The van der Waals surface area contributed by atoms with Gasteiger partial charge in [0.1, 0.15) is 0 Å². The molecule has 0 unspecified atom stereocenters. The van der Waals surface area contributed by atoms with E-state index in [9.17, 15) is 0 Å². The predicted molar refractivity (Wildman–Crippen MR) is 116 cm³/mol. The molecular weight excluding hydrogens is 360 g/mol. The van der Waals surface area contributed by atoms with E-state index in [1.807, 2.05) is 24.9 Å². The molecule has 0 radical (unpaired) electrons. The van der Waals surface area contributed by atoms with E-state index in [-0.39, 0.29) is 0 Å². The number of benzene rings is 1. The number of H-pyrrole nitrogens is 2. The summed E-state index contributed by atoms with van der Waals surface area (Å²) in [5.41, 5.74) is 7.69. The molecular formula is C23H28N6. The molecule has 1 saturated heterocycles. The number of likely N-dealkylation sites (tertiary alicyclic amines) is 1. The molecule has 1 aliphatic heterocycles. The smallest absolute Gasteiger partial charge is 0.0945 e. The van der Waals surface area contributed by atoms with Crippen molar-refractivity contribution < 1.29 is 0 Å². The first-order chi connectivity index (χ1) is 14.2. The fraction of sp³-hybridized carbons (Fsp3) is 0.391. The quantitative estimate of drug-likeness (QED) is 0.538. The molecule has 4 aromatic rings. The first-order valence-corrected chi connectivity index (χ1v) is 10.5. The highest BCUT2D eigenvalue weighted by Crippen LogP contribution is 2.35. The van der Waals surface area contributed by atoms with Crippen LogP contribution in [0.25, 0.3) is 22.2 Å². The second-order valence-corrected chi connectivity index (χ2v) is 8.17. The van der Waals surface area contributed by atoms with Gasteiger partial charge in [-0.1, -0.05) is 13.0 Å². The van der Waals surface area contributed by atoms with Crippen LogP contribution >= 0.6 is 0 Å². The largest absolute Gasteiger partial charge is 0.354 e. The molecule has 6 nitrogen and oxygen atoms in total. The predicted octanol–water partition coefficient (Wildman–Crippen LogP) is 4.23. The van der Waals surface area contributed by atoms with Gasteiger partial charge in [-0.05, 0) is 61.5 Å². The van der Waals surface area contributed by atoms with Crippen molar-refractivity contribution in [3.63, 3.8) is 0 Å². The van der Waals surface area contributed by atoms with Crippen molar-refractivity contribution in [1.29, 1.82) is 0 Å². The van der Waals surface area contributed by atoms with Crippen LogP contribution in [-0.4, -0.2) is 42.7 Å². The second-order valence-electron chi connectivity index (χ2n) is 8.17. The Morgan fingerprint density at radius 2 is 2.03 bits per heavy atom. The lowest BCUT2D eigenvalue weighted by Crippen LogP contribution is -2.33. The Hall–Kier alpha value is -2.86. The third-order valence-electron chi connectivity index (χ3n) is 6.43. The van der Waals surface area contributed by atoms with E-state index in [0.717, 1.165) is 31.6 Å². The molecule has 1 aliphatic rings. The number of rotatable bonds is 5. The summed E-state index contributed by atoms with van der Waals surface area (Å²) in [7, 11) is 2.07. The number of nitrogens with zero attached hydrogens (tertiary/aromatic N) is 4. The van der Waals surface area contributed by atoms with E-state index in [4.69, 9.17) is 0 Å². The number of imidazole rings is 1. The molecule has 1 aromatic carbocycles. The zero-order chi connectivity index (χ0) is 19.8. The van der Waals surface area contributed by atoms with Gasteiger partial charge in [-0.2, -0.15) is 5.10 Å². The van der Waals surface area contributed by atoms with Crippen molar-refractivity contribution in [2.45, 2.75) is 38.6 Å². The van der Waals surface area contributed by atoms with Crippen molar-refractivity contribution in [3.05, 3.63) is 59.9 Å². The molecule has 3 aromatic heterocycles. The molecule has 0 bridgehead atoms. The molecule has 0 spiro atoms. The summed E-state index contributed by atoms with van der Waals surface area (Å²) >= 11 is 0. The summed E-state index contributed by atoms with van der Waals surface area (Å²) in [5.74, 6) is 0.638. The maximum atomic E-state index is 4.24. The minimum atomic E-state index is 0.638. The lowest BCUT2D eigenvalue weighted by atomic mass is 9.88. The molecule has 1 fully saturated rings. The Morgan fingerprint density at radius 3 is 2.72 bits per heavy atom. The van der Waals surface area contributed by atoms with E-state index >= 15 is 0 Å². The number of aryl methyl sites for hydroxylation is 2. The third-order valence-corrected chi connectivity index (χ3v) is 6.43. The highest BCUT2D eigenvalue weighted by atomic mass is 15.2. The first-order valence-electron chi connectivity index (χ1n) is 10.5. The van der Waals surface area contributed by atoms with E-state index in [1.165, 1.54) is 46.3 Å². The summed E-state index contributed by atoms with van der Waals surface area (Å²) in [5, 5.41) is 8.41. The third kappa shape index (κ3) is 3.38. The topological polar surface area (TPSA) is 65.5 Å². The fourth-order valence-electron chi connectivity index (χ4n) is 4.71. The standard InChI is InChI=1S/C23H28N6/c1-3-20-21-10-17(4-5-22(21)27-23(20)18-11-25-26-12-18)16-6-8-29(9-7-16)14-19-13-24-15-28(19)2/h4-5,10-13,15-16,27H,3,6-9,14H2,1-2H3,(H,25,26). The van der Waals surface area contributed by atoms with Crippen molar-refractivity contribution >= 4 is 10.9 Å². The zero-order valence-corrected chi connectivity index (χ0v) is 17.2. The Kier molecular flexibility index (Phi) is 4.72. The molecule has 0 atom stereocenters. The van der Waals surface area contributed by atoms with Crippen LogP contribution in [0.3, 0.4) is 0 Å². The first kappa shape index (κ1) is 18.2. The van der Waals surface area contributed by atoms with Crippen LogP contribution < -0.4 is 0 Å². The zero-order valence-electron chi connectivity index (χ0n) is 17.2. The summed E-state index contributed by atoms with van der Waals surface area (Å²) < 4.78 is 2.12. The molecule has 6 heteroatoms. The Bertz CT molecular complexity index is 1100. The molecule has 0 amide bonds. The molecule has 0 saturated carbocycles. The van der Waals surface area contributed by atoms with Crippen molar-refractivity contribution in [2.75, 3.05) is 13.1 Å². The number of piperidine rings is 1. The summed E-state index contributed by atoms with van der Waals surface area (Å²) in [6.07, 6.45) is 11.2. The maximum absolute atomic E-state index is 4.24. The lowest BCUT2D eigenvalue weighted by Gasteiger charge is -2.32. The summed E-state index contributed by atoms with van der Waals surface area (Å²) in [6.45, 7) is 5.51. The lowest BCUT2D eigenvalue weighted by molar-refractivity contribution is 0.201. The van der Waals surface area contributed by atoms with Gasteiger partial charge in [0, 0.05) is 42.5 Å². The van der Waals surface area contributed by atoms with Crippen LogP contribution in [0, 0.1) is 0 Å². The number of nitrogens with one attached hydrogen (secondary N) is 2. The van der Waals surface area contributed by atoms with Gasteiger partial charge in [-0.3, -0.25) is 10.00 Å². The summed E-state index contributed by atoms with van der Waals surface area (Å²) in [4.78, 5) is 10.4. The van der Waals surface area contributed by atoms with Crippen molar-refractivity contribution in [2.24, 2.45) is 7.05 Å². The Balaban J connectivity index is 1.35. The van der Waals surface area contributed by atoms with Gasteiger partial charge in [0.15, 0.2) is 0 Å². The molecule has 2 N–H and O–H groups in total. The van der Waals surface area contributed by atoms with Gasteiger partial charge < -0.3 is 9.55 Å². The minimum Gasteiger partial charge on any atom is -0.354 e. The van der Waals surface area contributed by atoms with E-state index in [1.54, 1.807) is 0 Å². The second kappa shape index (κ2) is 7.52. The molecule has 29 heavy (non-hydrogen) atoms. The monoisotopic (exact) mass is 388 g/mol. The van der Waals surface area contributed by atoms with Crippen LogP contribution in [0.1, 0.15) is 42.5 Å². The van der Waals surface area contributed by atoms with Crippen LogP contribution in [-0.2, 0) is 20.0 Å². The Morgan fingerprint density at radius 1 is 1.17 bits per heavy atom. The highest BCUT2D eigenvalue weighted by molar-refractivity contribution is 5.91. The average molecular weight is 389 g/mol. The van der Waals surface area contributed by atoms with Gasteiger partial charge in [0.2, 0.25) is 0 Å². The van der Waals surface area contributed by atoms with Crippen LogP contribution in [0.15, 0.2) is 43.1 Å². The van der Waals surface area contributed by atoms with Crippen LogP contribution in [0.5, 0.6) is 0 Å². The fourth-order valence-corrected chi connectivity index (χ4v) is 4.71. The maximum Gasteiger partial charge on any atom is 0.0945 e. The molecule has 0 aliphatic carbocycles. The number of hydrogen-bond donors (Lipinski definition) is 2. The SMILES string of the molecule is CCc1c(-c2cn[nH]c2)[nH]c2ccc(C3CCN(Cc4cncn4C)CC3)cc12. The van der Waals surface area contributed by atoms with Crippen molar-refractivity contribution in [1.82, 2.24) is 29.6 Å². The normalized spacial score (nSPS) is 16.1. The molecule has 4 heterocycles. The van der Waals surface area contributed by atoms with Gasteiger partial charge in [0.25, 0.3) is 0 Å². The number of hydrogen-bond acceptors (Lipinski definition) is 3. The van der Waals surface area contributed by atoms with E-state index < -0.39 is 0 Å². The van der Waals surface area contributed by atoms with Gasteiger partial charge >= 0.3 is 0 Å².